The molecule has 9 N–H and O–H groups in total. The average molecular weight is 532 g/mol. The summed E-state index contributed by atoms with van der Waals surface area (Å²) in [5.41, 5.74) is 11.5. The lowest BCUT2D eigenvalue weighted by molar-refractivity contribution is -0.142. The smallest absolute Gasteiger partial charge is 0.326 e. The third-order valence-electron chi connectivity index (χ3n) is 6.19. The van der Waals surface area contributed by atoms with Gasteiger partial charge in [0.25, 0.3) is 0 Å². The monoisotopic (exact) mass is 531 g/mol. The maximum Gasteiger partial charge on any atom is 0.326 e. The normalized spacial score (nSPS) is 17.2. The van der Waals surface area contributed by atoms with Crippen molar-refractivity contribution in [1.29, 1.82) is 0 Å². The van der Waals surface area contributed by atoms with Crippen molar-refractivity contribution < 1.29 is 24.3 Å². The molecule has 0 spiro atoms. The van der Waals surface area contributed by atoms with E-state index in [1.807, 2.05) is 44.2 Å². The number of nitrogens with one attached hydrogen (secondary N) is 4. The Morgan fingerprint density at radius 1 is 1.03 bits per heavy atom. The molecule has 3 amide bonds. The molecule has 12 nitrogen and oxygen atoms in total. The van der Waals surface area contributed by atoms with Gasteiger partial charge in [0.2, 0.25) is 17.7 Å². The standard InChI is InChI=1S/C26H41N7O5/c1-16(2)14-21(25(37)38)33-24(36)20(15-17-8-4-3-5-9-17)32-23(35)19(11-7-13-30-26(27)28)31-22(34)18-10-6-12-29-18/h3-5,8-9,16,18-21,29H,6-7,10-15H2,1-2H3,(H,31,34)(H,32,35)(H,33,36)(H,37,38)(H4,27,28,30). The zero-order valence-corrected chi connectivity index (χ0v) is 22.1. The number of hydrogen-bond donors (Lipinski definition) is 7. The van der Waals surface area contributed by atoms with Crippen LogP contribution in [0.3, 0.4) is 0 Å². The van der Waals surface area contributed by atoms with Crippen molar-refractivity contribution in [3.8, 4) is 0 Å². The summed E-state index contributed by atoms with van der Waals surface area (Å²) >= 11 is 0. The van der Waals surface area contributed by atoms with Gasteiger partial charge in [0.1, 0.15) is 18.1 Å². The van der Waals surface area contributed by atoms with E-state index in [2.05, 4.69) is 26.3 Å². The summed E-state index contributed by atoms with van der Waals surface area (Å²) in [7, 11) is 0. The highest BCUT2D eigenvalue weighted by Gasteiger charge is 2.31. The average Bonchev–Trinajstić information content (AvgIpc) is 3.40. The second-order valence-electron chi connectivity index (χ2n) is 9.94. The number of carbonyl (C=O) groups excluding carboxylic acids is 3. The molecule has 12 heteroatoms. The number of rotatable bonds is 15. The number of benzene rings is 1. The summed E-state index contributed by atoms with van der Waals surface area (Å²) in [4.78, 5) is 55.1. The van der Waals surface area contributed by atoms with E-state index in [0.29, 0.717) is 12.8 Å². The molecule has 1 aromatic rings. The van der Waals surface area contributed by atoms with Crippen molar-refractivity contribution >= 4 is 29.7 Å². The SMILES string of the molecule is CC(C)CC(NC(=O)C(Cc1ccccc1)NC(=O)C(CCCN=C(N)N)NC(=O)C1CCCN1)C(=O)O. The first-order valence-corrected chi connectivity index (χ1v) is 13.0. The molecule has 1 heterocycles. The molecule has 1 aliphatic rings. The molecule has 210 valence electrons. The maximum atomic E-state index is 13.4. The number of guanidine groups is 1. The number of carbonyl (C=O) groups is 4. The lowest BCUT2D eigenvalue weighted by Gasteiger charge is -2.25. The Morgan fingerprint density at radius 2 is 1.68 bits per heavy atom. The lowest BCUT2D eigenvalue weighted by Crippen LogP contribution is -2.57. The fraction of sp³-hybridized carbons (Fsp3) is 0.577. The van der Waals surface area contributed by atoms with Crippen molar-refractivity contribution in [2.75, 3.05) is 13.1 Å². The van der Waals surface area contributed by atoms with E-state index in [1.54, 1.807) is 0 Å². The number of nitrogens with two attached hydrogens (primary N) is 2. The third kappa shape index (κ3) is 10.8. The van der Waals surface area contributed by atoms with Crippen LogP contribution in [0.4, 0.5) is 0 Å². The number of carboxylic acid groups (broad SMARTS) is 1. The predicted molar refractivity (Wildman–Crippen MR) is 144 cm³/mol. The molecular weight excluding hydrogens is 490 g/mol. The zero-order chi connectivity index (χ0) is 28.1. The summed E-state index contributed by atoms with van der Waals surface area (Å²) in [6.45, 7) is 4.72. The van der Waals surface area contributed by atoms with Crippen LogP contribution in [-0.4, -0.2) is 72.0 Å². The number of amides is 3. The molecular formula is C26H41N7O5. The van der Waals surface area contributed by atoms with Crippen LogP contribution in [0.2, 0.25) is 0 Å². The third-order valence-corrected chi connectivity index (χ3v) is 6.19. The van der Waals surface area contributed by atoms with Gasteiger partial charge in [0.15, 0.2) is 5.96 Å². The van der Waals surface area contributed by atoms with Crippen molar-refractivity contribution in [1.82, 2.24) is 21.3 Å². The molecule has 1 aliphatic heterocycles. The van der Waals surface area contributed by atoms with Crippen LogP contribution in [0.25, 0.3) is 0 Å². The molecule has 0 aromatic heterocycles. The van der Waals surface area contributed by atoms with E-state index in [4.69, 9.17) is 11.5 Å². The number of aliphatic imine (C=N–C) groups is 1. The van der Waals surface area contributed by atoms with Crippen LogP contribution in [0, 0.1) is 5.92 Å². The van der Waals surface area contributed by atoms with Gasteiger partial charge in [0, 0.05) is 13.0 Å². The summed E-state index contributed by atoms with van der Waals surface area (Å²) < 4.78 is 0. The first-order valence-electron chi connectivity index (χ1n) is 13.0. The van der Waals surface area contributed by atoms with Crippen molar-refractivity contribution in [2.45, 2.75) is 76.5 Å². The van der Waals surface area contributed by atoms with E-state index in [-0.39, 0.29) is 43.6 Å². The number of aliphatic carboxylic acids is 1. The van der Waals surface area contributed by atoms with Crippen molar-refractivity contribution in [2.24, 2.45) is 22.4 Å². The highest BCUT2D eigenvalue weighted by Crippen LogP contribution is 2.10. The molecule has 2 rings (SSSR count). The van der Waals surface area contributed by atoms with Gasteiger partial charge in [-0.1, -0.05) is 44.2 Å². The van der Waals surface area contributed by atoms with E-state index in [1.165, 1.54) is 0 Å². The molecule has 4 atom stereocenters. The molecule has 38 heavy (non-hydrogen) atoms. The minimum absolute atomic E-state index is 0.0348. The predicted octanol–water partition coefficient (Wildman–Crippen LogP) is -0.380. The lowest BCUT2D eigenvalue weighted by atomic mass is 10.0. The number of nitrogens with zero attached hydrogens (tertiary/aromatic N) is 1. The summed E-state index contributed by atoms with van der Waals surface area (Å²) in [6.07, 6.45) is 2.57. The van der Waals surface area contributed by atoms with Gasteiger partial charge in [-0.05, 0) is 50.1 Å². The Balaban J connectivity index is 2.20. The van der Waals surface area contributed by atoms with Gasteiger partial charge in [-0.25, -0.2) is 4.79 Å². The second kappa shape index (κ2) is 15.6. The van der Waals surface area contributed by atoms with E-state index < -0.39 is 42.0 Å². The largest absolute Gasteiger partial charge is 0.480 e. The van der Waals surface area contributed by atoms with Gasteiger partial charge in [-0.15, -0.1) is 0 Å². The first-order chi connectivity index (χ1) is 18.1. The molecule has 4 unspecified atom stereocenters. The van der Waals surface area contributed by atoms with E-state index in [0.717, 1.165) is 18.5 Å². The Morgan fingerprint density at radius 3 is 2.26 bits per heavy atom. The molecule has 1 saturated heterocycles. The van der Waals surface area contributed by atoms with E-state index in [9.17, 15) is 24.3 Å². The Bertz CT molecular complexity index is 960. The summed E-state index contributed by atoms with van der Waals surface area (Å²) in [5.74, 6) is -2.64. The van der Waals surface area contributed by atoms with Crippen LogP contribution < -0.4 is 32.7 Å². The Labute approximate surface area is 223 Å². The molecule has 1 fully saturated rings. The topological polar surface area (TPSA) is 201 Å². The van der Waals surface area contributed by atoms with Crippen LogP contribution >= 0.6 is 0 Å². The summed E-state index contributed by atoms with van der Waals surface area (Å²) in [5, 5.41) is 20.8. The Hall–Kier alpha value is -3.67. The van der Waals surface area contributed by atoms with Gasteiger partial charge in [-0.3, -0.25) is 19.4 Å². The van der Waals surface area contributed by atoms with Crippen LogP contribution in [-0.2, 0) is 25.6 Å². The first kappa shape index (κ1) is 30.6. The number of carboxylic acids is 1. The van der Waals surface area contributed by atoms with Crippen LogP contribution in [0.15, 0.2) is 35.3 Å². The van der Waals surface area contributed by atoms with Gasteiger partial charge in [-0.2, -0.15) is 0 Å². The van der Waals surface area contributed by atoms with Gasteiger partial charge in [0.05, 0.1) is 6.04 Å². The van der Waals surface area contributed by atoms with Crippen LogP contribution in [0.1, 0.15) is 51.5 Å². The fourth-order valence-electron chi connectivity index (χ4n) is 4.25. The highest BCUT2D eigenvalue weighted by atomic mass is 16.4. The zero-order valence-electron chi connectivity index (χ0n) is 22.1. The molecule has 0 aliphatic carbocycles. The highest BCUT2D eigenvalue weighted by molar-refractivity contribution is 5.94. The summed E-state index contributed by atoms with van der Waals surface area (Å²) in [6, 6.07) is 5.61. The number of hydrogen-bond acceptors (Lipinski definition) is 6. The molecule has 0 radical (unpaired) electrons. The Kier molecular flexibility index (Phi) is 12.5. The van der Waals surface area contributed by atoms with Gasteiger partial charge >= 0.3 is 5.97 Å². The minimum atomic E-state index is -1.15. The maximum absolute atomic E-state index is 13.4. The molecule has 1 aromatic carbocycles. The van der Waals surface area contributed by atoms with Gasteiger partial charge < -0.3 is 37.8 Å². The molecule has 0 bridgehead atoms. The van der Waals surface area contributed by atoms with Crippen molar-refractivity contribution in [3.63, 3.8) is 0 Å². The second-order valence-corrected chi connectivity index (χ2v) is 9.94. The quantitative estimate of drug-likeness (QED) is 0.0901. The van der Waals surface area contributed by atoms with Crippen molar-refractivity contribution in [3.05, 3.63) is 35.9 Å². The molecule has 0 saturated carbocycles. The van der Waals surface area contributed by atoms with Crippen LogP contribution in [0.5, 0.6) is 0 Å². The van der Waals surface area contributed by atoms with E-state index >= 15 is 0 Å². The minimum Gasteiger partial charge on any atom is -0.480 e. The fourth-order valence-corrected chi connectivity index (χ4v) is 4.25.